The Morgan fingerprint density at radius 3 is 2.13 bits per heavy atom. The summed E-state index contributed by atoms with van der Waals surface area (Å²) >= 11 is 18.6. The Kier molecular flexibility index (Phi) is 8.11. The molecule has 158 valence electrons. The third-order valence-corrected chi connectivity index (χ3v) is 5.47. The summed E-state index contributed by atoms with van der Waals surface area (Å²) < 4.78 is 16.6. The zero-order valence-corrected chi connectivity index (χ0v) is 18.9. The molecule has 0 bridgehead atoms. The van der Waals surface area contributed by atoms with Crippen LogP contribution in [-0.2, 0) is 19.7 Å². The number of benzene rings is 3. The van der Waals surface area contributed by atoms with Crippen molar-refractivity contribution in [3.05, 3.63) is 86.4 Å². The van der Waals surface area contributed by atoms with Crippen LogP contribution in [0.15, 0.2) is 54.6 Å². The van der Waals surface area contributed by atoms with Gasteiger partial charge in [-0.15, -0.1) is 0 Å². The van der Waals surface area contributed by atoms with Gasteiger partial charge in [0.05, 0.1) is 14.2 Å². The smallest absolute Gasteiger partial charge is 0.163 e. The second-order valence-electron chi connectivity index (χ2n) is 6.57. The lowest BCUT2D eigenvalue weighted by atomic mass is 10.1. The van der Waals surface area contributed by atoms with Crippen LogP contribution < -0.4 is 19.5 Å². The Labute approximate surface area is 191 Å². The van der Waals surface area contributed by atoms with Crippen molar-refractivity contribution in [3.63, 3.8) is 0 Å². The quantitative estimate of drug-likeness (QED) is 0.389. The minimum absolute atomic E-state index is 0.276. The lowest BCUT2D eigenvalue weighted by molar-refractivity contribution is 0.284. The van der Waals surface area contributed by atoms with Crippen molar-refractivity contribution in [2.75, 3.05) is 14.2 Å². The number of ether oxygens (including phenoxy) is 3. The maximum Gasteiger partial charge on any atom is 0.163 e. The van der Waals surface area contributed by atoms with E-state index in [2.05, 4.69) is 5.32 Å². The maximum atomic E-state index is 6.48. The van der Waals surface area contributed by atoms with Crippen LogP contribution >= 0.6 is 34.8 Å². The van der Waals surface area contributed by atoms with E-state index in [-0.39, 0.29) is 6.61 Å². The molecule has 0 aliphatic carbocycles. The highest BCUT2D eigenvalue weighted by molar-refractivity contribution is 6.35. The van der Waals surface area contributed by atoms with Crippen molar-refractivity contribution in [2.45, 2.75) is 19.7 Å². The summed E-state index contributed by atoms with van der Waals surface area (Å²) in [5.74, 6) is 1.99. The zero-order valence-electron chi connectivity index (χ0n) is 16.7. The van der Waals surface area contributed by atoms with E-state index < -0.39 is 0 Å². The van der Waals surface area contributed by atoms with Crippen LogP contribution in [0.1, 0.15) is 16.7 Å². The molecule has 0 aliphatic heterocycles. The Bertz CT molecular complexity index is 994. The van der Waals surface area contributed by atoms with Gasteiger partial charge in [-0.25, -0.2) is 0 Å². The average molecular weight is 467 g/mol. The van der Waals surface area contributed by atoms with Gasteiger partial charge in [0.1, 0.15) is 12.4 Å². The average Bonchev–Trinajstić information content (AvgIpc) is 2.75. The van der Waals surface area contributed by atoms with Crippen LogP contribution in [0.4, 0.5) is 0 Å². The predicted molar refractivity (Wildman–Crippen MR) is 122 cm³/mol. The van der Waals surface area contributed by atoms with Crippen molar-refractivity contribution < 1.29 is 14.2 Å². The fraction of sp³-hybridized carbons (Fsp3) is 0.217. The molecular formula is C23H22Cl3NO3. The second kappa shape index (κ2) is 10.8. The van der Waals surface area contributed by atoms with Crippen molar-refractivity contribution in [3.8, 4) is 17.2 Å². The van der Waals surface area contributed by atoms with Crippen LogP contribution in [0.2, 0.25) is 15.1 Å². The molecule has 3 aromatic rings. The molecule has 3 aromatic carbocycles. The second-order valence-corrected chi connectivity index (χ2v) is 7.82. The summed E-state index contributed by atoms with van der Waals surface area (Å²) in [6.45, 7) is 1.57. The molecule has 4 nitrogen and oxygen atoms in total. The number of rotatable bonds is 9. The van der Waals surface area contributed by atoms with Crippen molar-refractivity contribution >= 4 is 34.8 Å². The Balaban J connectivity index is 1.63. The molecule has 0 atom stereocenters. The van der Waals surface area contributed by atoms with Gasteiger partial charge in [0.2, 0.25) is 0 Å². The number of hydrogen-bond donors (Lipinski definition) is 1. The molecule has 1 N–H and O–H groups in total. The van der Waals surface area contributed by atoms with Gasteiger partial charge in [-0.05, 0) is 41.5 Å². The van der Waals surface area contributed by atoms with Gasteiger partial charge < -0.3 is 19.5 Å². The van der Waals surface area contributed by atoms with E-state index in [0.717, 1.165) is 22.4 Å². The van der Waals surface area contributed by atoms with Crippen molar-refractivity contribution in [2.24, 2.45) is 0 Å². The molecule has 0 spiro atoms. The van der Waals surface area contributed by atoms with E-state index in [9.17, 15) is 0 Å². The summed E-state index contributed by atoms with van der Waals surface area (Å²) in [4.78, 5) is 0. The zero-order chi connectivity index (χ0) is 21.5. The predicted octanol–water partition coefficient (Wildman–Crippen LogP) is 6.53. The SMILES string of the molecule is COc1ccc(CNCc2cc(OC)c(OCc3ccc(Cl)cc3Cl)cc2Cl)cc1. The number of nitrogens with one attached hydrogen (secondary N) is 1. The fourth-order valence-corrected chi connectivity index (χ4v) is 3.55. The van der Waals surface area contributed by atoms with E-state index in [1.54, 1.807) is 32.4 Å². The van der Waals surface area contributed by atoms with Gasteiger partial charge in [0, 0.05) is 39.8 Å². The van der Waals surface area contributed by atoms with E-state index in [0.29, 0.717) is 39.7 Å². The first kappa shape index (κ1) is 22.6. The van der Waals surface area contributed by atoms with Gasteiger partial charge in [-0.2, -0.15) is 0 Å². The molecular weight excluding hydrogens is 445 g/mol. The third kappa shape index (κ3) is 5.96. The molecule has 0 amide bonds. The summed E-state index contributed by atoms with van der Waals surface area (Å²) in [5, 5.41) is 5.11. The van der Waals surface area contributed by atoms with E-state index >= 15 is 0 Å². The van der Waals surface area contributed by atoms with Gasteiger partial charge in [-0.1, -0.05) is 53.0 Å². The standard InChI is InChI=1S/C23H22Cl3NO3/c1-28-19-7-3-15(4-8-19)12-27-13-17-9-22(29-2)23(11-21(17)26)30-14-16-5-6-18(24)10-20(16)25/h3-11,27H,12-14H2,1-2H3. The number of halogens is 3. The lowest BCUT2D eigenvalue weighted by Crippen LogP contribution is -2.13. The summed E-state index contributed by atoms with van der Waals surface area (Å²) in [7, 11) is 3.25. The first-order chi connectivity index (χ1) is 14.5. The first-order valence-electron chi connectivity index (χ1n) is 9.27. The summed E-state index contributed by atoms with van der Waals surface area (Å²) in [6.07, 6.45) is 0. The minimum Gasteiger partial charge on any atom is -0.497 e. The Hall–Kier alpha value is -2.11. The highest BCUT2D eigenvalue weighted by Gasteiger charge is 2.12. The molecule has 30 heavy (non-hydrogen) atoms. The normalized spacial score (nSPS) is 10.7. The molecule has 0 aliphatic rings. The maximum absolute atomic E-state index is 6.48. The lowest BCUT2D eigenvalue weighted by Gasteiger charge is -2.15. The van der Waals surface area contributed by atoms with Crippen LogP contribution in [0.25, 0.3) is 0 Å². The van der Waals surface area contributed by atoms with Crippen LogP contribution in [0.3, 0.4) is 0 Å². The highest BCUT2D eigenvalue weighted by Crippen LogP contribution is 2.34. The Morgan fingerprint density at radius 1 is 0.733 bits per heavy atom. The molecule has 0 heterocycles. The van der Waals surface area contributed by atoms with Crippen molar-refractivity contribution in [1.29, 1.82) is 0 Å². The Morgan fingerprint density at radius 2 is 1.47 bits per heavy atom. The number of methoxy groups -OCH3 is 2. The topological polar surface area (TPSA) is 39.7 Å². The summed E-state index contributed by atoms with van der Waals surface area (Å²) in [6, 6.07) is 16.8. The molecule has 0 radical (unpaired) electrons. The van der Waals surface area contributed by atoms with E-state index in [1.165, 1.54) is 0 Å². The molecule has 0 unspecified atom stereocenters. The molecule has 0 saturated heterocycles. The van der Waals surface area contributed by atoms with Gasteiger partial charge in [-0.3, -0.25) is 0 Å². The third-order valence-electron chi connectivity index (χ3n) is 4.53. The van der Waals surface area contributed by atoms with Crippen LogP contribution in [0, 0.1) is 0 Å². The molecule has 0 aromatic heterocycles. The molecule has 0 saturated carbocycles. The van der Waals surface area contributed by atoms with Crippen molar-refractivity contribution in [1.82, 2.24) is 5.32 Å². The van der Waals surface area contributed by atoms with Crippen LogP contribution in [0.5, 0.6) is 17.2 Å². The van der Waals surface area contributed by atoms with E-state index in [4.69, 9.17) is 49.0 Å². The largest absolute Gasteiger partial charge is 0.497 e. The summed E-state index contributed by atoms with van der Waals surface area (Å²) in [5.41, 5.74) is 2.89. The monoisotopic (exact) mass is 465 g/mol. The molecule has 7 heteroatoms. The molecule has 3 rings (SSSR count). The van der Waals surface area contributed by atoms with Gasteiger partial charge in [0.15, 0.2) is 11.5 Å². The van der Waals surface area contributed by atoms with Gasteiger partial charge >= 0.3 is 0 Å². The highest BCUT2D eigenvalue weighted by atomic mass is 35.5. The van der Waals surface area contributed by atoms with Crippen LogP contribution in [-0.4, -0.2) is 14.2 Å². The fourth-order valence-electron chi connectivity index (χ4n) is 2.86. The van der Waals surface area contributed by atoms with Gasteiger partial charge in [0.25, 0.3) is 0 Å². The number of hydrogen-bond acceptors (Lipinski definition) is 4. The minimum atomic E-state index is 0.276. The molecule has 0 fully saturated rings. The first-order valence-corrected chi connectivity index (χ1v) is 10.4. The van der Waals surface area contributed by atoms with E-state index in [1.807, 2.05) is 36.4 Å².